The monoisotopic (exact) mass is 414 g/mol. The van der Waals surface area contributed by atoms with E-state index in [0.717, 1.165) is 13.0 Å². The predicted octanol–water partition coefficient (Wildman–Crippen LogP) is 4.95. The Labute approximate surface area is 186 Å². The van der Waals surface area contributed by atoms with E-state index in [1.54, 1.807) is 0 Å². The molecule has 162 valence electrons. The molecule has 0 unspecified atom stereocenters. The van der Waals surface area contributed by atoms with E-state index in [-0.39, 0.29) is 17.5 Å². The third-order valence-electron chi connectivity index (χ3n) is 5.99. The van der Waals surface area contributed by atoms with Crippen LogP contribution in [0.15, 0.2) is 78.9 Å². The van der Waals surface area contributed by atoms with Crippen LogP contribution in [-0.2, 0) is 6.42 Å². The van der Waals surface area contributed by atoms with Gasteiger partial charge in [0.2, 0.25) is 0 Å². The maximum absolute atomic E-state index is 11.2. The second-order valence-corrected chi connectivity index (χ2v) is 9.83. The molecule has 3 heteroatoms. The third-order valence-corrected chi connectivity index (χ3v) is 5.99. The van der Waals surface area contributed by atoms with Crippen LogP contribution < -0.4 is 10.6 Å². The first kappa shape index (κ1) is 21.8. The Bertz CT molecular complexity index is 948. The molecule has 0 aromatic heterocycles. The minimum Gasteiger partial charge on any atom is -0.390 e. The Balaban J connectivity index is 1.58. The molecule has 0 amide bonds. The largest absolute Gasteiger partial charge is 0.390 e. The zero-order valence-electron chi connectivity index (χ0n) is 18.8. The van der Waals surface area contributed by atoms with E-state index in [2.05, 4.69) is 104 Å². The van der Waals surface area contributed by atoms with Crippen LogP contribution in [0, 0.1) is 5.41 Å². The molecule has 4 rings (SSSR count). The molecule has 0 spiro atoms. The number of aliphatic hydroxyl groups excluding tert-OH is 1. The smallest absolute Gasteiger partial charge is 0.0820 e. The molecule has 2 atom stereocenters. The molecule has 0 fully saturated rings. The van der Waals surface area contributed by atoms with Crippen LogP contribution in [0.4, 0.5) is 0 Å². The van der Waals surface area contributed by atoms with Gasteiger partial charge in [0.1, 0.15) is 0 Å². The average molecular weight is 415 g/mol. The first-order valence-corrected chi connectivity index (χ1v) is 11.3. The SMILES string of the molecule is CC(C)(C)CNC[C@@H](O)[C@H](Cc1ccccc1)NC1c2ccccc2-c2ccccc21. The van der Waals surface area contributed by atoms with Gasteiger partial charge in [-0.3, -0.25) is 0 Å². The van der Waals surface area contributed by atoms with Gasteiger partial charge in [0.25, 0.3) is 0 Å². The number of hydrogen-bond acceptors (Lipinski definition) is 3. The molecular formula is C28H34N2O. The lowest BCUT2D eigenvalue weighted by molar-refractivity contribution is 0.118. The molecule has 31 heavy (non-hydrogen) atoms. The van der Waals surface area contributed by atoms with Gasteiger partial charge in [0.15, 0.2) is 0 Å². The molecule has 3 nitrogen and oxygen atoms in total. The Morgan fingerprint density at radius 1 is 0.806 bits per heavy atom. The highest BCUT2D eigenvalue weighted by Crippen LogP contribution is 2.43. The molecule has 1 aliphatic rings. The highest BCUT2D eigenvalue weighted by molar-refractivity contribution is 5.78. The van der Waals surface area contributed by atoms with Gasteiger partial charge in [-0.15, -0.1) is 0 Å². The molecule has 0 heterocycles. The summed E-state index contributed by atoms with van der Waals surface area (Å²) >= 11 is 0. The molecule has 1 aliphatic carbocycles. The van der Waals surface area contributed by atoms with Crippen molar-refractivity contribution in [1.82, 2.24) is 10.6 Å². The Kier molecular flexibility index (Phi) is 6.57. The molecule has 0 bridgehead atoms. The molecule has 3 aromatic rings. The van der Waals surface area contributed by atoms with Crippen molar-refractivity contribution in [2.24, 2.45) is 5.41 Å². The van der Waals surface area contributed by atoms with Gasteiger partial charge in [0.05, 0.1) is 12.1 Å². The Morgan fingerprint density at radius 2 is 1.35 bits per heavy atom. The maximum Gasteiger partial charge on any atom is 0.0820 e. The molecule has 0 saturated carbocycles. The number of fused-ring (bicyclic) bond motifs is 3. The van der Waals surface area contributed by atoms with Crippen LogP contribution in [0.2, 0.25) is 0 Å². The van der Waals surface area contributed by atoms with Gasteiger partial charge in [-0.05, 0) is 39.7 Å². The summed E-state index contributed by atoms with van der Waals surface area (Å²) in [5.74, 6) is 0. The summed E-state index contributed by atoms with van der Waals surface area (Å²) in [6, 6.07) is 27.7. The van der Waals surface area contributed by atoms with Crippen molar-refractivity contribution in [3.05, 3.63) is 95.6 Å². The van der Waals surface area contributed by atoms with Gasteiger partial charge < -0.3 is 15.7 Å². The van der Waals surface area contributed by atoms with Crippen LogP contribution in [0.5, 0.6) is 0 Å². The van der Waals surface area contributed by atoms with Crippen LogP contribution in [0.25, 0.3) is 11.1 Å². The standard InChI is InChI=1S/C28H34N2O/c1-28(2,3)19-29-18-26(31)25(17-20-11-5-4-6-12-20)30-27-23-15-9-7-13-21(23)22-14-8-10-16-24(22)27/h4-16,25-27,29-31H,17-19H2,1-3H3/t25-,26+/m0/s1. The van der Waals surface area contributed by atoms with E-state index in [4.69, 9.17) is 0 Å². The van der Waals surface area contributed by atoms with Crippen molar-refractivity contribution < 1.29 is 5.11 Å². The fraction of sp³-hybridized carbons (Fsp3) is 0.357. The van der Waals surface area contributed by atoms with E-state index >= 15 is 0 Å². The van der Waals surface area contributed by atoms with Crippen LogP contribution in [0.3, 0.4) is 0 Å². The quantitative estimate of drug-likeness (QED) is 0.488. The highest BCUT2D eigenvalue weighted by Gasteiger charge is 2.31. The minimum absolute atomic E-state index is 0.0703. The fourth-order valence-corrected chi connectivity index (χ4v) is 4.46. The van der Waals surface area contributed by atoms with E-state index in [1.165, 1.54) is 27.8 Å². The topological polar surface area (TPSA) is 44.3 Å². The van der Waals surface area contributed by atoms with Crippen molar-refractivity contribution in [3.63, 3.8) is 0 Å². The molecule has 3 N–H and O–H groups in total. The van der Waals surface area contributed by atoms with E-state index in [0.29, 0.717) is 6.54 Å². The first-order chi connectivity index (χ1) is 14.9. The van der Waals surface area contributed by atoms with E-state index < -0.39 is 6.10 Å². The van der Waals surface area contributed by atoms with Gasteiger partial charge in [-0.25, -0.2) is 0 Å². The van der Waals surface area contributed by atoms with E-state index in [1.807, 2.05) is 6.07 Å². The molecule has 0 radical (unpaired) electrons. The third kappa shape index (κ3) is 5.24. The summed E-state index contributed by atoms with van der Waals surface area (Å²) < 4.78 is 0. The van der Waals surface area contributed by atoms with Gasteiger partial charge in [-0.1, -0.05) is 99.6 Å². The predicted molar refractivity (Wildman–Crippen MR) is 129 cm³/mol. The van der Waals surface area contributed by atoms with Gasteiger partial charge in [0, 0.05) is 19.1 Å². The average Bonchev–Trinajstić information content (AvgIpc) is 3.07. The normalized spacial score (nSPS) is 15.4. The lowest BCUT2D eigenvalue weighted by Gasteiger charge is -2.30. The first-order valence-electron chi connectivity index (χ1n) is 11.3. The Morgan fingerprint density at radius 3 is 1.94 bits per heavy atom. The molecule has 0 saturated heterocycles. The lowest BCUT2D eigenvalue weighted by Crippen LogP contribution is -2.48. The molecule has 3 aromatic carbocycles. The van der Waals surface area contributed by atoms with Crippen molar-refractivity contribution >= 4 is 0 Å². The summed E-state index contributed by atoms with van der Waals surface area (Å²) in [7, 11) is 0. The maximum atomic E-state index is 11.2. The summed E-state index contributed by atoms with van der Waals surface area (Å²) in [6.45, 7) is 8.06. The molecule has 0 aliphatic heterocycles. The highest BCUT2D eigenvalue weighted by atomic mass is 16.3. The molecular weight excluding hydrogens is 380 g/mol. The van der Waals surface area contributed by atoms with Crippen molar-refractivity contribution in [3.8, 4) is 11.1 Å². The number of rotatable bonds is 8. The van der Waals surface area contributed by atoms with Crippen LogP contribution in [-0.4, -0.2) is 30.3 Å². The van der Waals surface area contributed by atoms with Gasteiger partial charge >= 0.3 is 0 Å². The van der Waals surface area contributed by atoms with Crippen molar-refractivity contribution in [2.75, 3.05) is 13.1 Å². The Hall–Kier alpha value is -2.46. The lowest BCUT2D eigenvalue weighted by atomic mass is 9.95. The van der Waals surface area contributed by atoms with Crippen molar-refractivity contribution in [1.29, 1.82) is 0 Å². The van der Waals surface area contributed by atoms with Crippen LogP contribution >= 0.6 is 0 Å². The second kappa shape index (κ2) is 9.35. The summed E-state index contributed by atoms with van der Waals surface area (Å²) in [6.07, 6.45) is 0.280. The van der Waals surface area contributed by atoms with Gasteiger partial charge in [-0.2, -0.15) is 0 Å². The summed E-state index contributed by atoms with van der Waals surface area (Å²) in [5, 5.41) is 18.5. The number of benzene rings is 3. The van der Waals surface area contributed by atoms with Crippen LogP contribution in [0.1, 0.15) is 43.5 Å². The fourth-order valence-electron chi connectivity index (χ4n) is 4.46. The zero-order valence-corrected chi connectivity index (χ0v) is 18.8. The summed E-state index contributed by atoms with van der Waals surface area (Å²) in [5.41, 5.74) is 6.57. The minimum atomic E-state index is -0.498. The number of aliphatic hydroxyl groups is 1. The summed E-state index contributed by atoms with van der Waals surface area (Å²) in [4.78, 5) is 0. The number of hydrogen-bond donors (Lipinski definition) is 3. The zero-order chi connectivity index (χ0) is 21.8. The van der Waals surface area contributed by atoms with Crippen molar-refractivity contribution in [2.45, 2.75) is 45.4 Å². The number of nitrogens with one attached hydrogen (secondary N) is 2. The van der Waals surface area contributed by atoms with E-state index in [9.17, 15) is 5.11 Å². The second-order valence-electron chi connectivity index (χ2n) is 9.83.